The van der Waals surface area contributed by atoms with Crippen molar-refractivity contribution in [2.75, 3.05) is 12.3 Å². The van der Waals surface area contributed by atoms with E-state index in [-0.39, 0.29) is 18.7 Å². The summed E-state index contributed by atoms with van der Waals surface area (Å²) in [5.74, 6) is -0.977. The second kappa shape index (κ2) is 8.08. The van der Waals surface area contributed by atoms with Crippen LogP contribution in [-0.4, -0.2) is 39.5 Å². The summed E-state index contributed by atoms with van der Waals surface area (Å²) in [6, 6.07) is 1.49. The summed E-state index contributed by atoms with van der Waals surface area (Å²) >= 11 is 0. The van der Waals surface area contributed by atoms with E-state index in [9.17, 15) is 29.5 Å². The molecule has 2 atom stereocenters. The SMILES string of the molecule is CC(C)(C)OC(=O)NCCC(O)C(O)c1cc([N+](=O)[O-])c(N)cc1F. The van der Waals surface area contributed by atoms with Gasteiger partial charge in [0.1, 0.15) is 23.2 Å². The van der Waals surface area contributed by atoms with E-state index >= 15 is 0 Å². The van der Waals surface area contributed by atoms with Crippen LogP contribution in [0.1, 0.15) is 38.9 Å². The second-order valence-electron chi connectivity index (χ2n) is 6.42. The molecule has 0 heterocycles. The minimum atomic E-state index is -1.72. The minimum Gasteiger partial charge on any atom is -0.444 e. The highest BCUT2D eigenvalue weighted by Gasteiger charge is 2.26. The van der Waals surface area contributed by atoms with E-state index in [4.69, 9.17) is 10.5 Å². The van der Waals surface area contributed by atoms with Gasteiger partial charge in [-0.25, -0.2) is 9.18 Å². The van der Waals surface area contributed by atoms with Gasteiger partial charge in [-0.2, -0.15) is 0 Å². The first-order valence-corrected chi connectivity index (χ1v) is 7.48. The molecule has 1 aromatic carbocycles. The van der Waals surface area contributed by atoms with Crippen molar-refractivity contribution in [3.63, 3.8) is 0 Å². The number of nitrogens with one attached hydrogen (secondary N) is 1. The standard InChI is InChI=1S/C15H22FN3O6/c1-15(2,3)25-14(22)18-5-4-12(20)13(21)8-6-11(19(23)24)10(17)7-9(8)16/h6-7,12-13,20-21H,4-5,17H2,1-3H3,(H,18,22). The Hall–Kier alpha value is -2.46. The van der Waals surface area contributed by atoms with Gasteiger partial charge in [0.25, 0.3) is 5.69 Å². The number of aliphatic hydroxyl groups excluding tert-OH is 2. The van der Waals surface area contributed by atoms with Crippen LogP contribution in [0.4, 0.5) is 20.6 Å². The van der Waals surface area contributed by atoms with Gasteiger partial charge in [-0.15, -0.1) is 0 Å². The Morgan fingerprint density at radius 2 is 2.04 bits per heavy atom. The molecule has 1 amide bonds. The van der Waals surface area contributed by atoms with Crippen molar-refractivity contribution >= 4 is 17.5 Å². The first-order valence-electron chi connectivity index (χ1n) is 7.48. The molecule has 0 aliphatic heterocycles. The molecule has 1 rings (SSSR count). The van der Waals surface area contributed by atoms with Crippen LogP contribution in [0.5, 0.6) is 0 Å². The molecular formula is C15H22FN3O6. The lowest BCUT2D eigenvalue weighted by Crippen LogP contribution is -2.34. The topological polar surface area (TPSA) is 148 Å². The Labute approximate surface area is 143 Å². The highest BCUT2D eigenvalue weighted by Crippen LogP contribution is 2.30. The molecule has 0 saturated heterocycles. The van der Waals surface area contributed by atoms with Crippen LogP contribution < -0.4 is 11.1 Å². The van der Waals surface area contributed by atoms with Crippen molar-refractivity contribution in [1.29, 1.82) is 0 Å². The summed E-state index contributed by atoms with van der Waals surface area (Å²) in [6.45, 7) is 5.00. The molecule has 0 aromatic heterocycles. The van der Waals surface area contributed by atoms with E-state index in [0.717, 1.165) is 6.07 Å². The van der Waals surface area contributed by atoms with E-state index in [1.54, 1.807) is 20.8 Å². The fourth-order valence-electron chi connectivity index (χ4n) is 1.98. The Balaban J connectivity index is 2.71. The maximum atomic E-state index is 13.9. The monoisotopic (exact) mass is 359 g/mol. The number of benzene rings is 1. The first-order chi connectivity index (χ1) is 11.4. The number of nitrogens with zero attached hydrogens (tertiary/aromatic N) is 1. The van der Waals surface area contributed by atoms with Crippen molar-refractivity contribution in [1.82, 2.24) is 5.32 Å². The highest BCUT2D eigenvalue weighted by atomic mass is 19.1. The van der Waals surface area contributed by atoms with Crippen molar-refractivity contribution in [2.45, 2.75) is 45.0 Å². The third-order valence-electron chi connectivity index (χ3n) is 3.13. The zero-order valence-corrected chi connectivity index (χ0v) is 14.2. The number of carbonyl (C=O) groups excluding carboxylic acids is 1. The first kappa shape index (κ1) is 20.6. The summed E-state index contributed by atoms with van der Waals surface area (Å²) in [7, 11) is 0. The molecule has 0 aliphatic carbocycles. The number of aliphatic hydroxyl groups is 2. The van der Waals surface area contributed by atoms with Crippen LogP contribution >= 0.6 is 0 Å². The van der Waals surface area contributed by atoms with Gasteiger partial charge in [-0.3, -0.25) is 10.1 Å². The quantitative estimate of drug-likeness (QED) is 0.343. The summed E-state index contributed by atoms with van der Waals surface area (Å²) in [5.41, 5.74) is 3.24. The average molecular weight is 359 g/mol. The van der Waals surface area contributed by atoms with Crippen molar-refractivity contribution in [3.8, 4) is 0 Å². The summed E-state index contributed by atoms with van der Waals surface area (Å²) in [4.78, 5) is 21.5. The molecule has 0 fully saturated rings. The van der Waals surface area contributed by atoms with Gasteiger partial charge in [0.05, 0.1) is 11.0 Å². The lowest BCUT2D eigenvalue weighted by molar-refractivity contribution is -0.384. The van der Waals surface area contributed by atoms with Gasteiger partial charge in [0.15, 0.2) is 0 Å². The number of hydrogen-bond donors (Lipinski definition) is 4. The molecule has 2 unspecified atom stereocenters. The number of hydrogen-bond acceptors (Lipinski definition) is 7. The van der Waals surface area contributed by atoms with E-state index in [1.807, 2.05) is 0 Å². The van der Waals surface area contributed by atoms with Crippen molar-refractivity contribution < 1.29 is 29.1 Å². The van der Waals surface area contributed by atoms with Crippen LogP contribution in [-0.2, 0) is 4.74 Å². The van der Waals surface area contributed by atoms with Crippen LogP contribution in [0.15, 0.2) is 12.1 Å². The summed E-state index contributed by atoms with van der Waals surface area (Å²) < 4.78 is 18.9. The number of ether oxygens (including phenoxy) is 1. The number of amides is 1. The van der Waals surface area contributed by atoms with Crippen molar-refractivity contribution in [3.05, 3.63) is 33.6 Å². The number of nitrogen functional groups attached to an aromatic ring is 1. The van der Waals surface area contributed by atoms with E-state index in [1.165, 1.54) is 0 Å². The van der Waals surface area contributed by atoms with Crippen LogP contribution in [0.2, 0.25) is 0 Å². The molecule has 9 nitrogen and oxygen atoms in total. The Bertz CT molecular complexity index is 647. The highest BCUT2D eigenvalue weighted by molar-refractivity contribution is 5.67. The molecule has 140 valence electrons. The van der Waals surface area contributed by atoms with Gasteiger partial charge in [-0.05, 0) is 27.2 Å². The Kier molecular flexibility index (Phi) is 6.65. The fraction of sp³-hybridized carbons (Fsp3) is 0.533. The minimum absolute atomic E-state index is 0.0498. The maximum Gasteiger partial charge on any atom is 0.407 e. The summed E-state index contributed by atoms with van der Waals surface area (Å²) in [5, 5.41) is 33.2. The van der Waals surface area contributed by atoms with Gasteiger partial charge in [0.2, 0.25) is 0 Å². The van der Waals surface area contributed by atoms with Crippen molar-refractivity contribution in [2.24, 2.45) is 0 Å². The van der Waals surface area contributed by atoms with Crippen LogP contribution in [0.3, 0.4) is 0 Å². The predicted octanol–water partition coefficient (Wildman–Crippen LogP) is 1.63. The predicted molar refractivity (Wildman–Crippen MR) is 87.3 cm³/mol. The van der Waals surface area contributed by atoms with E-state index < -0.39 is 45.9 Å². The number of halogens is 1. The molecule has 5 N–H and O–H groups in total. The normalized spacial score (nSPS) is 13.8. The van der Waals surface area contributed by atoms with Gasteiger partial charge >= 0.3 is 6.09 Å². The number of rotatable bonds is 6. The van der Waals surface area contributed by atoms with Gasteiger partial charge in [0, 0.05) is 24.2 Å². The van der Waals surface area contributed by atoms with Gasteiger partial charge in [-0.1, -0.05) is 0 Å². The molecule has 10 heteroatoms. The fourth-order valence-corrected chi connectivity index (χ4v) is 1.98. The van der Waals surface area contributed by atoms with Crippen LogP contribution in [0, 0.1) is 15.9 Å². The second-order valence-corrected chi connectivity index (χ2v) is 6.42. The summed E-state index contributed by atoms with van der Waals surface area (Å²) in [6.07, 6.45) is -4.02. The Morgan fingerprint density at radius 3 is 2.56 bits per heavy atom. The third kappa shape index (κ3) is 6.16. The molecule has 0 saturated carbocycles. The van der Waals surface area contributed by atoms with E-state index in [2.05, 4.69) is 5.32 Å². The maximum absolute atomic E-state index is 13.9. The molecule has 0 spiro atoms. The zero-order chi connectivity index (χ0) is 19.4. The number of alkyl carbamates (subject to hydrolysis) is 1. The van der Waals surface area contributed by atoms with Gasteiger partial charge < -0.3 is 26.0 Å². The lowest BCUT2D eigenvalue weighted by atomic mass is 10.0. The largest absolute Gasteiger partial charge is 0.444 e. The molecule has 25 heavy (non-hydrogen) atoms. The molecule has 1 aromatic rings. The molecule has 0 radical (unpaired) electrons. The smallest absolute Gasteiger partial charge is 0.407 e. The number of nitrogens with two attached hydrogens (primary N) is 1. The number of anilines is 1. The molecule has 0 bridgehead atoms. The number of nitro benzene ring substituents is 1. The lowest BCUT2D eigenvalue weighted by Gasteiger charge is -2.21. The zero-order valence-electron chi connectivity index (χ0n) is 14.2. The molecular weight excluding hydrogens is 337 g/mol. The number of nitro groups is 1. The Morgan fingerprint density at radius 1 is 1.44 bits per heavy atom. The third-order valence-corrected chi connectivity index (χ3v) is 3.13. The number of carbonyl (C=O) groups is 1. The van der Waals surface area contributed by atoms with Crippen LogP contribution in [0.25, 0.3) is 0 Å². The average Bonchev–Trinajstić information content (AvgIpc) is 2.44. The van der Waals surface area contributed by atoms with E-state index in [0.29, 0.717) is 6.07 Å². The molecule has 0 aliphatic rings.